The van der Waals surface area contributed by atoms with Gasteiger partial charge in [0.15, 0.2) is 5.65 Å². The number of benzene rings is 1. The Hall–Kier alpha value is -3.48. The lowest BCUT2D eigenvalue weighted by Crippen LogP contribution is -2.24. The molecule has 0 radical (unpaired) electrons. The second kappa shape index (κ2) is 5.96. The highest BCUT2D eigenvalue weighted by molar-refractivity contribution is 5.94. The van der Waals surface area contributed by atoms with Gasteiger partial charge < -0.3 is 5.32 Å². The highest BCUT2D eigenvalue weighted by Gasteiger charge is 2.09. The topological polar surface area (TPSA) is 77.1 Å². The van der Waals surface area contributed by atoms with Gasteiger partial charge in [-0.1, -0.05) is 12.1 Å². The van der Waals surface area contributed by atoms with Crippen molar-refractivity contribution >= 4 is 11.6 Å². The summed E-state index contributed by atoms with van der Waals surface area (Å²) in [5, 5.41) is 11.2. The second-order valence-electron chi connectivity index (χ2n) is 5.23. The maximum Gasteiger partial charge on any atom is 0.251 e. The van der Waals surface area contributed by atoms with Crippen molar-refractivity contribution < 1.29 is 4.79 Å². The highest BCUT2D eigenvalue weighted by atomic mass is 16.1. The molecule has 1 aromatic carbocycles. The number of hydrogen-bond donors (Lipinski definition) is 1. The van der Waals surface area contributed by atoms with Gasteiger partial charge in [0.1, 0.15) is 6.33 Å². The fourth-order valence-electron chi connectivity index (χ4n) is 2.52. The number of nitrogens with one attached hydrogen (secondary N) is 1. The first-order valence-corrected chi connectivity index (χ1v) is 7.47. The van der Waals surface area contributed by atoms with Crippen LogP contribution in [0.5, 0.6) is 0 Å². The fourth-order valence-corrected chi connectivity index (χ4v) is 2.52. The average molecular weight is 318 g/mol. The van der Waals surface area contributed by atoms with E-state index in [2.05, 4.69) is 20.5 Å². The zero-order valence-corrected chi connectivity index (χ0v) is 12.7. The predicted octanol–water partition coefficient (Wildman–Crippen LogP) is 1.84. The minimum atomic E-state index is -0.152. The number of rotatable bonds is 4. The lowest BCUT2D eigenvalue weighted by molar-refractivity contribution is 0.0950. The summed E-state index contributed by atoms with van der Waals surface area (Å²) in [4.78, 5) is 16.6. The molecule has 4 rings (SSSR count). The van der Waals surface area contributed by atoms with Gasteiger partial charge >= 0.3 is 0 Å². The Bertz CT molecular complexity index is 989. The summed E-state index contributed by atoms with van der Waals surface area (Å²) in [6.07, 6.45) is 5.03. The monoisotopic (exact) mass is 318 g/mol. The molecule has 1 N–H and O–H groups in total. The molecule has 118 valence electrons. The third kappa shape index (κ3) is 2.63. The van der Waals surface area contributed by atoms with Crippen LogP contribution in [0, 0.1) is 0 Å². The third-order valence-corrected chi connectivity index (χ3v) is 3.69. The van der Waals surface area contributed by atoms with Crippen molar-refractivity contribution in [2.45, 2.75) is 6.54 Å². The van der Waals surface area contributed by atoms with Gasteiger partial charge in [-0.15, -0.1) is 0 Å². The summed E-state index contributed by atoms with van der Waals surface area (Å²) >= 11 is 0. The molecule has 0 aliphatic carbocycles. The second-order valence-corrected chi connectivity index (χ2v) is 5.23. The van der Waals surface area contributed by atoms with Crippen LogP contribution in [0.4, 0.5) is 0 Å². The molecule has 4 aromatic rings. The number of aromatic nitrogens is 5. The summed E-state index contributed by atoms with van der Waals surface area (Å²) < 4.78 is 3.42. The molecule has 0 aliphatic rings. The number of pyridine rings is 1. The lowest BCUT2D eigenvalue weighted by atomic mass is 10.2. The Morgan fingerprint density at radius 1 is 1.08 bits per heavy atom. The van der Waals surface area contributed by atoms with Crippen molar-refractivity contribution in [1.29, 1.82) is 0 Å². The predicted molar refractivity (Wildman–Crippen MR) is 87.7 cm³/mol. The molecular formula is C17H14N6O. The van der Waals surface area contributed by atoms with Crippen molar-refractivity contribution in [2.24, 2.45) is 0 Å². The average Bonchev–Trinajstić information content (AvgIpc) is 3.31. The number of carbonyl (C=O) groups excluding carboxylic acids is 1. The summed E-state index contributed by atoms with van der Waals surface area (Å²) in [6.45, 7) is 0.367. The van der Waals surface area contributed by atoms with E-state index in [1.165, 1.54) is 6.33 Å². The van der Waals surface area contributed by atoms with Gasteiger partial charge in [-0.05, 0) is 36.4 Å². The zero-order chi connectivity index (χ0) is 16.4. The standard InChI is InChI=1S/C17H14N6O/c24-17(13-4-1-5-14(10-13)22-9-3-8-20-22)18-11-15-6-2-7-16-19-12-21-23(15)16/h1-10,12H,11H2,(H,18,24). The molecule has 0 saturated carbocycles. The van der Waals surface area contributed by atoms with Gasteiger partial charge in [0.25, 0.3) is 5.91 Å². The molecule has 7 heteroatoms. The Balaban J connectivity index is 1.52. The third-order valence-electron chi connectivity index (χ3n) is 3.69. The molecule has 24 heavy (non-hydrogen) atoms. The molecule has 7 nitrogen and oxygen atoms in total. The van der Waals surface area contributed by atoms with E-state index in [9.17, 15) is 4.79 Å². The zero-order valence-electron chi connectivity index (χ0n) is 12.7. The van der Waals surface area contributed by atoms with Gasteiger partial charge in [-0.25, -0.2) is 14.2 Å². The van der Waals surface area contributed by atoms with E-state index < -0.39 is 0 Å². The maximum atomic E-state index is 12.4. The quantitative estimate of drug-likeness (QED) is 0.623. The van der Waals surface area contributed by atoms with Crippen molar-refractivity contribution in [3.8, 4) is 5.69 Å². The Kier molecular flexibility index (Phi) is 3.51. The van der Waals surface area contributed by atoms with E-state index in [-0.39, 0.29) is 5.91 Å². The molecule has 3 heterocycles. The van der Waals surface area contributed by atoms with Crippen LogP contribution >= 0.6 is 0 Å². The van der Waals surface area contributed by atoms with Crippen molar-refractivity contribution in [2.75, 3.05) is 0 Å². The maximum absolute atomic E-state index is 12.4. The Labute approximate surface area is 137 Å². The normalized spacial score (nSPS) is 10.8. The number of carbonyl (C=O) groups is 1. The molecular weight excluding hydrogens is 304 g/mol. The molecule has 1 amide bonds. The van der Waals surface area contributed by atoms with Gasteiger partial charge in [0, 0.05) is 18.0 Å². The SMILES string of the molecule is O=C(NCc1cccc2ncnn12)c1cccc(-n2cccn2)c1. The minimum absolute atomic E-state index is 0.152. The fraction of sp³-hybridized carbons (Fsp3) is 0.0588. The van der Waals surface area contributed by atoms with E-state index >= 15 is 0 Å². The first kappa shape index (κ1) is 14.1. The molecule has 0 atom stereocenters. The number of nitrogens with zero attached hydrogens (tertiary/aromatic N) is 5. The van der Waals surface area contributed by atoms with Gasteiger partial charge in [-0.2, -0.15) is 10.2 Å². The molecule has 0 aliphatic heterocycles. The summed E-state index contributed by atoms with van der Waals surface area (Å²) in [5.41, 5.74) is 3.03. The molecule has 0 spiro atoms. The Morgan fingerprint density at radius 3 is 2.88 bits per heavy atom. The summed E-state index contributed by atoms with van der Waals surface area (Å²) in [5.74, 6) is -0.152. The van der Waals surface area contributed by atoms with E-state index in [1.54, 1.807) is 27.5 Å². The number of amides is 1. The summed E-state index contributed by atoms with van der Waals surface area (Å²) in [6, 6.07) is 14.8. The van der Waals surface area contributed by atoms with E-state index in [0.29, 0.717) is 12.1 Å². The molecule has 3 aromatic heterocycles. The molecule has 0 fully saturated rings. The van der Waals surface area contributed by atoms with E-state index in [4.69, 9.17) is 0 Å². The molecule has 0 bridgehead atoms. The first-order valence-electron chi connectivity index (χ1n) is 7.47. The van der Waals surface area contributed by atoms with Crippen LogP contribution < -0.4 is 5.32 Å². The largest absolute Gasteiger partial charge is 0.346 e. The highest BCUT2D eigenvalue weighted by Crippen LogP contribution is 2.10. The molecule has 0 unspecified atom stereocenters. The van der Waals surface area contributed by atoms with Crippen LogP contribution in [0.1, 0.15) is 16.1 Å². The first-order chi connectivity index (χ1) is 11.8. The van der Waals surface area contributed by atoms with Crippen LogP contribution in [-0.2, 0) is 6.54 Å². The van der Waals surface area contributed by atoms with Crippen LogP contribution in [0.25, 0.3) is 11.3 Å². The van der Waals surface area contributed by atoms with Gasteiger partial charge in [0.05, 0.1) is 17.9 Å². The van der Waals surface area contributed by atoms with Crippen LogP contribution in [-0.4, -0.2) is 30.3 Å². The lowest BCUT2D eigenvalue weighted by Gasteiger charge is -2.08. The Morgan fingerprint density at radius 2 is 2.00 bits per heavy atom. The van der Waals surface area contributed by atoms with Crippen molar-refractivity contribution in [3.63, 3.8) is 0 Å². The van der Waals surface area contributed by atoms with E-state index in [0.717, 1.165) is 17.0 Å². The molecule has 0 saturated heterocycles. The number of fused-ring (bicyclic) bond motifs is 1. The van der Waals surface area contributed by atoms with Crippen LogP contribution in [0.2, 0.25) is 0 Å². The van der Waals surface area contributed by atoms with Crippen molar-refractivity contribution in [3.05, 3.63) is 78.5 Å². The minimum Gasteiger partial charge on any atom is -0.346 e. The van der Waals surface area contributed by atoms with Gasteiger partial charge in [-0.3, -0.25) is 4.79 Å². The van der Waals surface area contributed by atoms with Gasteiger partial charge in [0.2, 0.25) is 0 Å². The van der Waals surface area contributed by atoms with E-state index in [1.807, 2.05) is 42.6 Å². The van der Waals surface area contributed by atoms with Crippen LogP contribution in [0.15, 0.2) is 67.3 Å². The summed E-state index contributed by atoms with van der Waals surface area (Å²) in [7, 11) is 0. The number of hydrogen-bond acceptors (Lipinski definition) is 4. The smallest absolute Gasteiger partial charge is 0.251 e. The van der Waals surface area contributed by atoms with Crippen molar-refractivity contribution in [1.82, 2.24) is 29.7 Å². The van der Waals surface area contributed by atoms with Crippen LogP contribution in [0.3, 0.4) is 0 Å².